The molecule has 0 aromatic heterocycles. The molecule has 0 spiro atoms. The highest BCUT2D eigenvalue weighted by molar-refractivity contribution is 6.39. The number of carbonyl (C=O) groups is 3. The molecule has 9 nitrogen and oxygen atoms in total. The lowest BCUT2D eigenvalue weighted by Crippen LogP contribution is -2.54. The van der Waals surface area contributed by atoms with Crippen molar-refractivity contribution in [3.63, 3.8) is 0 Å². The molecular formula is C34H28ClFN2O7. The predicted octanol–water partition coefficient (Wildman–Crippen LogP) is 6.71. The van der Waals surface area contributed by atoms with Crippen LogP contribution < -0.4 is 29.2 Å². The molecule has 4 amide bonds. The minimum absolute atomic E-state index is 0.0986. The summed E-state index contributed by atoms with van der Waals surface area (Å²) in [4.78, 5) is 39.1. The Morgan fingerprint density at radius 2 is 1.56 bits per heavy atom. The molecule has 0 unspecified atom stereocenters. The van der Waals surface area contributed by atoms with Gasteiger partial charge in [0.1, 0.15) is 24.6 Å². The highest BCUT2D eigenvalue weighted by atomic mass is 35.5. The molecule has 1 saturated heterocycles. The van der Waals surface area contributed by atoms with Crippen molar-refractivity contribution in [2.24, 2.45) is 0 Å². The van der Waals surface area contributed by atoms with Crippen molar-refractivity contribution < 1.29 is 37.7 Å². The minimum Gasteiger partial charge on any atom is -0.493 e. The van der Waals surface area contributed by atoms with Gasteiger partial charge in [-0.2, -0.15) is 0 Å². The van der Waals surface area contributed by atoms with E-state index in [1.165, 1.54) is 24.3 Å². The summed E-state index contributed by atoms with van der Waals surface area (Å²) in [7, 11) is 1.55. The third kappa shape index (κ3) is 7.25. The van der Waals surface area contributed by atoms with Crippen molar-refractivity contribution in [3.05, 3.63) is 118 Å². The number of anilines is 1. The van der Waals surface area contributed by atoms with E-state index in [0.717, 1.165) is 28.2 Å². The third-order valence-corrected chi connectivity index (χ3v) is 6.96. The molecule has 0 radical (unpaired) electrons. The third-order valence-electron chi connectivity index (χ3n) is 6.68. The number of nitrogens with zero attached hydrogens (tertiary/aromatic N) is 1. The number of carbonyl (C=O) groups excluding carboxylic acids is 3. The number of halogens is 2. The Morgan fingerprint density at radius 1 is 0.822 bits per heavy atom. The summed E-state index contributed by atoms with van der Waals surface area (Å²) >= 11 is 6.61. The lowest BCUT2D eigenvalue weighted by atomic mass is 10.1. The summed E-state index contributed by atoms with van der Waals surface area (Å²) in [6.45, 7) is 2.56. The van der Waals surface area contributed by atoms with Gasteiger partial charge in [-0.1, -0.05) is 48.0 Å². The van der Waals surface area contributed by atoms with Gasteiger partial charge in [-0.3, -0.25) is 14.9 Å². The Balaban J connectivity index is 1.35. The van der Waals surface area contributed by atoms with Gasteiger partial charge >= 0.3 is 6.03 Å². The molecule has 1 heterocycles. The maximum Gasteiger partial charge on any atom is 0.335 e. The number of ether oxygens (including phenoxy) is 4. The zero-order valence-electron chi connectivity index (χ0n) is 24.3. The number of urea groups is 1. The second-order valence-electron chi connectivity index (χ2n) is 9.75. The van der Waals surface area contributed by atoms with Gasteiger partial charge in [-0.15, -0.1) is 0 Å². The number of amides is 4. The number of nitrogens with one attached hydrogen (secondary N) is 1. The lowest BCUT2D eigenvalue weighted by Gasteiger charge is -2.26. The Hall–Kier alpha value is -5.35. The maximum atomic E-state index is 13.4. The Labute approximate surface area is 263 Å². The number of hydrogen-bond donors (Lipinski definition) is 1. The summed E-state index contributed by atoms with van der Waals surface area (Å²) in [6, 6.07) is 22.1. The van der Waals surface area contributed by atoms with Crippen molar-refractivity contribution in [2.45, 2.75) is 20.1 Å². The molecule has 1 aliphatic rings. The fourth-order valence-corrected chi connectivity index (χ4v) is 4.81. The standard InChI is InChI=1S/C34H28ClFN2O7/c1-3-43-30-18-23(15-26-32(39)37-34(41)38(33(26)40)25-12-10-24(36)11-13-25)16-27(35)31(30)45-20-22-9-14-28(29(17-22)42-2)44-19-21-7-5-4-6-8-21/h4-18H,3,19-20H2,1-2H3,(H,37,39,41)/b26-15+. The van der Waals surface area contributed by atoms with E-state index in [4.69, 9.17) is 30.5 Å². The summed E-state index contributed by atoms with van der Waals surface area (Å²) in [5.74, 6) is -0.656. The van der Waals surface area contributed by atoms with Gasteiger partial charge in [0, 0.05) is 0 Å². The average molecular weight is 631 g/mol. The van der Waals surface area contributed by atoms with Crippen LogP contribution in [0.15, 0.2) is 90.5 Å². The molecule has 0 aliphatic carbocycles. The summed E-state index contributed by atoms with van der Waals surface area (Å²) in [5.41, 5.74) is 1.92. The highest BCUT2D eigenvalue weighted by Gasteiger charge is 2.37. The number of rotatable bonds is 11. The van der Waals surface area contributed by atoms with Crippen LogP contribution in [-0.4, -0.2) is 31.6 Å². The minimum atomic E-state index is -0.946. The molecule has 0 saturated carbocycles. The van der Waals surface area contributed by atoms with Crippen LogP contribution in [0.4, 0.5) is 14.9 Å². The molecular weight excluding hydrogens is 603 g/mol. The molecule has 1 aliphatic heterocycles. The predicted molar refractivity (Wildman–Crippen MR) is 166 cm³/mol. The normalized spacial score (nSPS) is 13.9. The van der Waals surface area contributed by atoms with Crippen LogP contribution in [0.3, 0.4) is 0 Å². The van der Waals surface area contributed by atoms with E-state index in [0.29, 0.717) is 23.7 Å². The van der Waals surface area contributed by atoms with Gasteiger partial charge in [0.05, 0.1) is 24.4 Å². The molecule has 230 valence electrons. The van der Waals surface area contributed by atoms with Gasteiger partial charge in [0.25, 0.3) is 11.8 Å². The van der Waals surface area contributed by atoms with Crippen molar-refractivity contribution in [1.82, 2.24) is 5.32 Å². The van der Waals surface area contributed by atoms with Crippen LogP contribution in [0.1, 0.15) is 23.6 Å². The Kier molecular flexibility index (Phi) is 9.64. The number of benzene rings is 4. The van der Waals surface area contributed by atoms with Crippen molar-refractivity contribution in [2.75, 3.05) is 18.6 Å². The molecule has 45 heavy (non-hydrogen) atoms. The summed E-state index contributed by atoms with van der Waals surface area (Å²) in [6.07, 6.45) is 1.29. The molecule has 0 bridgehead atoms. The largest absolute Gasteiger partial charge is 0.493 e. The van der Waals surface area contributed by atoms with E-state index in [2.05, 4.69) is 5.32 Å². The number of hydrogen-bond acceptors (Lipinski definition) is 7. The SMILES string of the molecule is CCOc1cc(/C=C2\C(=O)NC(=O)N(c3ccc(F)cc3)C2=O)cc(Cl)c1OCc1ccc(OCc2ccccc2)c(OC)c1. The molecule has 1 N–H and O–H groups in total. The zero-order chi connectivity index (χ0) is 31.9. The second kappa shape index (κ2) is 14.0. The van der Waals surface area contributed by atoms with Gasteiger partial charge in [0.15, 0.2) is 23.0 Å². The maximum absolute atomic E-state index is 13.4. The van der Waals surface area contributed by atoms with Crippen LogP contribution >= 0.6 is 11.6 Å². The van der Waals surface area contributed by atoms with E-state index in [-0.39, 0.29) is 41.0 Å². The van der Waals surface area contributed by atoms with Crippen LogP contribution in [0.25, 0.3) is 6.08 Å². The van der Waals surface area contributed by atoms with Crippen LogP contribution in [0.5, 0.6) is 23.0 Å². The van der Waals surface area contributed by atoms with Gasteiger partial charge < -0.3 is 18.9 Å². The fourth-order valence-electron chi connectivity index (χ4n) is 4.53. The molecule has 4 aromatic rings. The first-order chi connectivity index (χ1) is 21.8. The topological polar surface area (TPSA) is 103 Å². The molecule has 4 aromatic carbocycles. The molecule has 1 fully saturated rings. The quantitative estimate of drug-likeness (QED) is 0.145. The van der Waals surface area contributed by atoms with E-state index in [9.17, 15) is 18.8 Å². The molecule has 0 atom stereocenters. The Morgan fingerprint density at radius 3 is 2.27 bits per heavy atom. The smallest absolute Gasteiger partial charge is 0.335 e. The van der Waals surface area contributed by atoms with Crippen LogP contribution in [-0.2, 0) is 22.8 Å². The van der Waals surface area contributed by atoms with Gasteiger partial charge in [-0.05, 0) is 78.2 Å². The summed E-state index contributed by atoms with van der Waals surface area (Å²) < 4.78 is 36.7. The van der Waals surface area contributed by atoms with Gasteiger partial charge in [0.2, 0.25) is 0 Å². The van der Waals surface area contributed by atoms with E-state index in [1.807, 2.05) is 36.4 Å². The number of barbiturate groups is 1. The summed E-state index contributed by atoms with van der Waals surface area (Å²) in [5, 5.41) is 2.30. The second-order valence-corrected chi connectivity index (χ2v) is 10.2. The van der Waals surface area contributed by atoms with E-state index < -0.39 is 23.7 Å². The lowest BCUT2D eigenvalue weighted by molar-refractivity contribution is -0.122. The number of imide groups is 2. The first kappa shape index (κ1) is 31.1. The fraction of sp³-hybridized carbons (Fsp3) is 0.147. The first-order valence-electron chi connectivity index (χ1n) is 13.9. The Bertz CT molecular complexity index is 1760. The van der Waals surface area contributed by atoms with Crippen molar-refractivity contribution in [1.29, 1.82) is 0 Å². The number of methoxy groups -OCH3 is 1. The monoisotopic (exact) mass is 630 g/mol. The van der Waals surface area contributed by atoms with Crippen LogP contribution in [0, 0.1) is 5.82 Å². The van der Waals surface area contributed by atoms with Crippen LogP contribution in [0.2, 0.25) is 5.02 Å². The highest BCUT2D eigenvalue weighted by Crippen LogP contribution is 2.39. The average Bonchev–Trinajstić information content (AvgIpc) is 3.03. The molecule has 5 rings (SSSR count). The molecule has 11 heteroatoms. The van der Waals surface area contributed by atoms with Crippen molar-refractivity contribution >= 4 is 41.2 Å². The van der Waals surface area contributed by atoms with Crippen molar-refractivity contribution in [3.8, 4) is 23.0 Å². The first-order valence-corrected chi connectivity index (χ1v) is 14.2. The van der Waals surface area contributed by atoms with E-state index >= 15 is 0 Å². The van der Waals surface area contributed by atoms with E-state index in [1.54, 1.807) is 32.2 Å². The zero-order valence-corrected chi connectivity index (χ0v) is 25.1. The van der Waals surface area contributed by atoms with Gasteiger partial charge in [-0.25, -0.2) is 14.1 Å².